The lowest BCUT2D eigenvalue weighted by atomic mass is 9.99. The molecular formula is C18H25NO. The minimum absolute atomic E-state index is 0.0647. The van der Waals surface area contributed by atoms with Gasteiger partial charge in [-0.05, 0) is 48.2 Å². The Morgan fingerprint density at radius 2 is 1.70 bits per heavy atom. The second kappa shape index (κ2) is 6.87. The van der Waals surface area contributed by atoms with Crippen LogP contribution in [-0.2, 0) is 0 Å². The van der Waals surface area contributed by atoms with Crippen molar-refractivity contribution < 1.29 is 5.11 Å². The van der Waals surface area contributed by atoms with Crippen LogP contribution in [0.2, 0.25) is 0 Å². The molecule has 0 amide bonds. The Bertz CT molecular complexity index is 550. The van der Waals surface area contributed by atoms with E-state index in [4.69, 9.17) is 0 Å². The first-order valence-electron chi connectivity index (χ1n) is 7.48. The minimum atomic E-state index is -0.466. The Balaban J connectivity index is 2.04. The predicted molar refractivity (Wildman–Crippen MR) is 85.8 cm³/mol. The molecule has 108 valence electrons. The van der Waals surface area contributed by atoms with E-state index in [1.165, 1.54) is 10.8 Å². The van der Waals surface area contributed by atoms with E-state index >= 15 is 0 Å². The maximum absolute atomic E-state index is 10.5. The fourth-order valence-corrected chi connectivity index (χ4v) is 2.39. The largest absolute Gasteiger partial charge is 0.387 e. The van der Waals surface area contributed by atoms with E-state index in [-0.39, 0.29) is 6.04 Å². The fraction of sp³-hybridized carbons (Fsp3) is 0.444. The molecule has 0 aromatic heterocycles. The highest BCUT2D eigenvalue weighted by molar-refractivity contribution is 5.83. The Labute approximate surface area is 121 Å². The van der Waals surface area contributed by atoms with Crippen LogP contribution in [-0.4, -0.2) is 17.7 Å². The molecule has 0 saturated heterocycles. The number of aliphatic hydroxyl groups is 1. The van der Waals surface area contributed by atoms with E-state index in [1.54, 1.807) is 0 Å². The Morgan fingerprint density at radius 1 is 1.00 bits per heavy atom. The number of nitrogens with one attached hydrogen (secondary N) is 1. The molecule has 0 spiro atoms. The smallest absolute Gasteiger partial charge is 0.0940 e. The second-order valence-electron chi connectivity index (χ2n) is 5.98. The highest BCUT2D eigenvalue weighted by Crippen LogP contribution is 2.22. The molecule has 2 heteroatoms. The maximum atomic E-state index is 10.5. The first-order valence-corrected chi connectivity index (χ1v) is 7.48. The van der Waals surface area contributed by atoms with Crippen molar-refractivity contribution >= 4 is 10.8 Å². The van der Waals surface area contributed by atoms with Crippen molar-refractivity contribution in [3.8, 4) is 0 Å². The van der Waals surface area contributed by atoms with Crippen LogP contribution in [0.5, 0.6) is 0 Å². The lowest BCUT2D eigenvalue weighted by Gasteiger charge is -2.21. The molecule has 0 aliphatic carbocycles. The van der Waals surface area contributed by atoms with Gasteiger partial charge in [0, 0.05) is 6.04 Å². The van der Waals surface area contributed by atoms with Gasteiger partial charge in [0.2, 0.25) is 0 Å². The van der Waals surface area contributed by atoms with E-state index in [2.05, 4.69) is 43.4 Å². The van der Waals surface area contributed by atoms with Gasteiger partial charge < -0.3 is 10.4 Å². The van der Waals surface area contributed by atoms with Gasteiger partial charge in [-0.1, -0.05) is 50.2 Å². The number of hydrogen-bond donors (Lipinski definition) is 2. The average Bonchev–Trinajstić information content (AvgIpc) is 2.45. The molecule has 2 unspecified atom stereocenters. The van der Waals surface area contributed by atoms with E-state index in [0.29, 0.717) is 5.92 Å². The zero-order valence-corrected chi connectivity index (χ0v) is 12.6. The van der Waals surface area contributed by atoms with Crippen molar-refractivity contribution in [3.63, 3.8) is 0 Å². The molecule has 0 saturated carbocycles. The Morgan fingerprint density at radius 3 is 2.40 bits per heavy atom. The molecule has 2 atom stereocenters. The third kappa shape index (κ3) is 3.81. The van der Waals surface area contributed by atoms with Gasteiger partial charge >= 0.3 is 0 Å². The normalized spacial score (nSPS) is 14.7. The van der Waals surface area contributed by atoms with Crippen molar-refractivity contribution in [2.24, 2.45) is 5.92 Å². The number of aliphatic hydroxyl groups excluding tert-OH is 1. The van der Waals surface area contributed by atoms with Crippen LogP contribution in [0.1, 0.15) is 38.9 Å². The van der Waals surface area contributed by atoms with Gasteiger partial charge in [0.15, 0.2) is 0 Å². The average molecular weight is 271 g/mol. The van der Waals surface area contributed by atoms with Crippen molar-refractivity contribution in [2.75, 3.05) is 6.54 Å². The molecule has 0 aliphatic heterocycles. The summed E-state index contributed by atoms with van der Waals surface area (Å²) in [5.74, 6) is 0.688. The van der Waals surface area contributed by atoms with Gasteiger partial charge in [0.05, 0.1) is 6.10 Å². The standard InChI is InChI=1S/C18H25NO/c1-13(2)10-11-19-14(3)18(20)17-9-8-15-6-4-5-7-16(15)12-17/h4-9,12-14,18-20H,10-11H2,1-3H3. The Kier molecular flexibility index (Phi) is 5.16. The molecule has 2 nitrogen and oxygen atoms in total. The molecule has 2 aromatic carbocycles. The monoisotopic (exact) mass is 271 g/mol. The molecule has 0 aliphatic rings. The minimum Gasteiger partial charge on any atom is -0.387 e. The van der Waals surface area contributed by atoms with Gasteiger partial charge in [-0.2, -0.15) is 0 Å². The van der Waals surface area contributed by atoms with Crippen LogP contribution in [0, 0.1) is 5.92 Å². The first kappa shape index (κ1) is 15.0. The van der Waals surface area contributed by atoms with Crippen molar-refractivity contribution in [2.45, 2.75) is 39.3 Å². The lowest BCUT2D eigenvalue weighted by molar-refractivity contribution is 0.135. The second-order valence-corrected chi connectivity index (χ2v) is 5.98. The molecule has 20 heavy (non-hydrogen) atoms. The summed E-state index contributed by atoms with van der Waals surface area (Å²) in [6, 6.07) is 14.5. The number of fused-ring (bicyclic) bond motifs is 1. The predicted octanol–water partition coefficient (Wildman–Crippen LogP) is 3.90. The number of benzene rings is 2. The van der Waals surface area contributed by atoms with E-state index in [9.17, 15) is 5.11 Å². The van der Waals surface area contributed by atoms with Gasteiger partial charge in [-0.15, -0.1) is 0 Å². The van der Waals surface area contributed by atoms with E-state index < -0.39 is 6.10 Å². The van der Waals surface area contributed by atoms with Crippen LogP contribution < -0.4 is 5.32 Å². The van der Waals surface area contributed by atoms with Gasteiger partial charge in [0.1, 0.15) is 0 Å². The van der Waals surface area contributed by atoms with Crippen LogP contribution in [0.15, 0.2) is 42.5 Å². The summed E-state index contributed by atoms with van der Waals surface area (Å²) in [6.45, 7) is 7.42. The van der Waals surface area contributed by atoms with E-state index in [0.717, 1.165) is 18.5 Å². The lowest BCUT2D eigenvalue weighted by Crippen LogP contribution is -2.33. The summed E-state index contributed by atoms with van der Waals surface area (Å²) < 4.78 is 0. The molecule has 2 aromatic rings. The summed E-state index contributed by atoms with van der Waals surface area (Å²) >= 11 is 0. The molecular weight excluding hydrogens is 246 g/mol. The summed E-state index contributed by atoms with van der Waals surface area (Å²) in [7, 11) is 0. The highest BCUT2D eigenvalue weighted by atomic mass is 16.3. The maximum Gasteiger partial charge on any atom is 0.0940 e. The van der Waals surface area contributed by atoms with Gasteiger partial charge in [-0.25, -0.2) is 0 Å². The zero-order chi connectivity index (χ0) is 14.5. The number of rotatable bonds is 6. The van der Waals surface area contributed by atoms with Crippen LogP contribution in [0.4, 0.5) is 0 Å². The fourth-order valence-electron chi connectivity index (χ4n) is 2.39. The highest BCUT2D eigenvalue weighted by Gasteiger charge is 2.16. The summed E-state index contributed by atoms with van der Waals surface area (Å²) in [4.78, 5) is 0. The van der Waals surface area contributed by atoms with Crippen molar-refractivity contribution in [3.05, 3.63) is 48.0 Å². The first-order chi connectivity index (χ1) is 9.58. The number of hydrogen-bond acceptors (Lipinski definition) is 2. The summed E-state index contributed by atoms with van der Waals surface area (Å²) in [5.41, 5.74) is 0.980. The van der Waals surface area contributed by atoms with Gasteiger partial charge in [0.25, 0.3) is 0 Å². The van der Waals surface area contributed by atoms with E-state index in [1.807, 2.05) is 25.1 Å². The zero-order valence-electron chi connectivity index (χ0n) is 12.6. The third-order valence-corrected chi connectivity index (χ3v) is 3.78. The molecule has 0 bridgehead atoms. The summed E-state index contributed by atoms with van der Waals surface area (Å²) in [6.07, 6.45) is 0.668. The van der Waals surface area contributed by atoms with Crippen molar-refractivity contribution in [1.82, 2.24) is 5.32 Å². The Hall–Kier alpha value is -1.38. The third-order valence-electron chi connectivity index (χ3n) is 3.78. The molecule has 2 N–H and O–H groups in total. The molecule has 2 rings (SSSR count). The SMILES string of the molecule is CC(C)CCNC(C)C(O)c1ccc2ccccc2c1. The van der Waals surface area contributed by atoms with Gasteiger partial charge in [-0.3, -0.25) is 0 Å². The molecule has 0 fully saturated rings. The molecule has 0 heterocycles. The molecule has 0 radical (unpaired) electrons. The quantitative estimate of drug-likeness (QED) is 0.835. The van der Waals surface area contributed by atoms with Crippen molar-refractivity contribution in [1.29, 1.82) is 0 Å². The van der Waals surface area contributed by atoms with Crippen LogP contribution in [0.3, 0.4) is 0 Å². The topological polar surface area (TPSA) is 32.3 Å². The van der Waals surface area contributed by atoms with Crippen LogP contribution in [0.25, 0.3) is 10.8 Å². The summed E-state index contributed by atoms with van der Waals surface area (Å²) in [5, 5.41) is 16.3. The van der Waals surface area contributed by atoms with Crippen LogP contribution >= 0.6 is 0 Å².